The first kappa shape index (κ1) is 11.8. The monoisotopic (exact) mass is 176 g/mol. The molecule has 0 aromatic carbocycles. The second-order valence-electron chi connectivity index (χ2n) is 3.22. The Bertz CT molecular complexity index is 126. The molecule has 0 bridgehead atoms. The van der Waals surface area contributed by atoms with Gasteiger partial charge in [0.05, 0.1) is 0 Å². The Hall–Kier alpha value is -0.240. The predicted octanol–water partition coefficient (Wildman–Crippen LogP) is -2.87. The highest BCUT2D eigenvalue weighted by Crippen LogP contribution is 1.99. The van der Waals surface area contributed by atoms with Crippen LogP contribution in [0.1, 0.15) is 13.3 Å². The largest absolute Gasteiger partial charge is 0.330 e. The molecule has 0 aromatic heterocycles. The van der Waals surface area contributed by atoms with Gasteiger partial charge in [-0.25, -0.2) is 0 Å². The molecule has 74 valence electrons. The van der Waals surface area contributed by atoms with Gasteiger partial charge in [0.1, 0.15) is 11.4 Å². The van der Waals surface area contributed by atoms with Crippen molar-refractivity contribution in [3.63, 3.8) is 0 Å². The lowest BCUT2D eigenvalue weighted by Gasteiger charge is -2.38. The summed E-state index contributed by atoms with van der Waals surface area (Å²) < 4.78 is 0. The lowest BCUT2D eigenvalue weighted by atomic mass is 10.1. The maximum Gasteiger partial charge on any atom is 0.150 e. The molecule has 11 N–H and O–H groups in total. The van der Waals surface area contributed by atoms with Crippen molar-refractivity contribution in [3.05, 3.63) is 0 Å². The molecule has 6 nitrogen and oxygen atoms in total. The minimum atomic E-state index is -1.26. The average Bonchev–Trinajstić information content (AvgIpc) is 1.85. The first-order chi connectivity index (χ1) is 5.31. The molecule has 0 rings (SSSR count). The molecule has 0 aliphatic rings. The minimum absolute atomic E-state index is 0.578. The Morgan fingerprint density at radius 2 is 1.67 bits per heavy atom. The van der Waals surface area contributed by atoms with E-state index in [-0.39, 0.29) is 0 Å². The molecule has 6 heteroatoms. The molecule has 0 radical (unpaired) electrons. The maximum atomic E-state index is 5.61. The fraction of sp³-hybridized carbons (Fsp3) is 1.00. The highest BCUT2D eigenvalue weighted by molar-refractivity contribution is 4.93. The van der Waals surface area contributed by atoms with Crippen molar-refractivity contribution in [2.45, 2.75) is 24.8 Å². The highest BCUT2D eigenvalue weighted by atomic mass is 15.3. The van der Waals surface area contributed by atoms with E-state index in [1.54, 1.807) is 6.92 Å². The molecular formula is C6H20N6. The predicted molar refractivity (Wildman–Crippen MR) is 49.6 cm³/mol. The summed E-state index contributed by atoms with van der Waals surface area (Å²) in [6.07, 6.45) is 0.784. The molecular weight excluding hydrogens is 156 g/mol. The molecule has 0 atom stereocenters. The van der Waals surface area contributed by atoms with E-state index in [0.717, 1.165) is 6.42 Å². The van der Waals surface area contributed by atoms with Gasteiger partial charge in [0.2, 0.25) is 0 Å². The molecule has 0 spiro atoms. The lowest BCUT2D eigenvalue weighted by molar-refractivity contribution is 0.200. The standard InChI is InChI=1S/C6H20N6/c1-5(8,9)6(10,11)12-4-2-3-7/h12H,2-4,7-11H2,1H3. The Labute approximate surface area is 72.8 Å². The van der Waals surface area contributed by atoms with Gasteiger partial charge in [0.15, 0.2) is 0 Å². The lowest BCUT2D eigenvalue weighted by Crippen LogP contribution is -2.81. The zero-order valence-electron chi connectivity index (χ0n) is 7.51. The molecule has 0 fully saturated rings. The summed E-state index contributed by atoms with van der Waals surface area (Å²) in [4.78, 5) is 0. The number of hydrogen-bond acceptors (Lipinski definition) is 6. The van der Waals surface area contributed by atoms with Crippen LogP contribution in [0.4, 0.5) is 0 Å². The van der Waals surface area contributed by atoms with Crippen LogP contribution in [-0.2, 0) is 0 Å². The zero-order valence-corrected chi connectivity index (χ0v) is 7.51. The van der Waals surface area contributed by atoms with Crippen molar-refractivity contribution in [1.29, 1.82) is 0 Å². The van der Waals surface area contributed by atoms with E-state index in [0.29, 0.717) is 13.1 Å². The summed E-state index contributed by atoms with van der Waals surface area (Å²) in [7, 11) is 0. The number of hydrogen-bond donors (Lipinski definition) is 6. The van der Waals surface area contributed by atoms with Crippen LogP contribution in [-0.4, -0.2) is 24.5 Å². The van der Waals surface area contributed by atoms with Crippen molar-refractivity contribution >= 4 is 0 Å². The molecule has 0 aromatic rings. The third-order valence-electron chi connectivity index (χ3n) is 1.69. The fourth-order valence-electron chi connectivity index (χ4n) is 0.588. The highest BCUT2D eigenvalue weighted by Gasteiger charge is 2.34. The quantitative estimate of drug-likeness (QED) is 0.196. The zero-order chi connectivity index (χ0) is 9.83. The van der Waals surface area contributed by atoms with Crippen LogP contribution in [0, 0.1) is 0 Å². The van der Waals surface area contributed by atoms with Gasteiger partial charge in [0, 0.05) is 0 Å². The summed E-state index contributed by atoms with van der Waals surface area (Å²) in [5, 5.41) is 2.83. The van der Waals surface area contributed by atoms with Crippen LogP contribution in [0.15, 0.2) is 0 Å². The van der Waals surface area contributed by atoms with Crippen molar-refractivity contribution in [2.75, 3.05) is 13.1 Å². The first-order valence-corrected chi connectivity index (χ1v) is 3.92. The summed E-state index contributed by atoms with van der Waals surface area (Å²) in [5.41, 5.74) is 26.4. The van der Waals surface area contributed by atoms with E-state index < -0.39 is 11.4 Å². The third-order valence-corrected chi connectivity index (χ3v) is 1.69. The molecule has 12 heavy (non-hydrogen) atoms. The fourth-order valence-corrected chi connectivity index (χ4v) is 0.588. The van der Waals surface area contributed by atoms with Crippen molar-refractivity contribution in [3.8, 4) is 0 Å². The van der Waals surface area contributed by atoms with Crippen molar-refractivity contribution in [1.82, 2.24) is 5.32 Å². The molecule has 0 aliphatic carbocycles. The Balaban J connectivity index is 3.88. The summed E-state index contributed by atoms with van der Waals surface area (Å²) in [6.45, 7) is 2.74. The number of nitrogens with one attached hydrogen (secondary N) is 1. The van der Waals surface area contributed by atoms with Crippen LogP contribution in [0.2, 0.25) is 0 Å². The molecule has 0 saturated heterocycles. The van der Waals surface area contributed by atoms with Gasteiger partial charge in [-0.2, -0.15) is 0 Å². The average molecular weight is 176 g/mol. The Morgan fingerprint density at radius 1 is 1.17 bits per heavy atom. The van der Waals surface area contributed by atoms with E-state index in [1.807, 2.05) is 0 Å². The van der Waals surface area contributed by atoms with Crippen LogP contribution >= 0.6 is 0 Å². The molecule has 0 unspecified atom stereocenters. The third kappa shape index (κ3) is 3.44. The number of rotatable bonds is 5. The molecule has 0 heterocycles. The van der Waals surface area contributed by atoms with Gasteiger partial charge in [-0.05, 0) is 26.4 Å². The normalized spacial score (nSPS) is 13.5. The summed E-state index contributed by atoms with van der Waals surface area (Å²) in [5.74, 6) is -1.26. The second-order valence-corrected chi connectivity index (χ2v) is 3.22. The van der Waals surface area contributed by atoms with E-state index in [9.17, 15) is 0 Å². The van der Waals surface area contributed by atoms with E-state index in [1.165, 1.54) is 0 Å². The van der Waals surface area contributed by atoms with Crippen LogP contribution in [0.5, 0.6) is 0 Å². The minimum Gasteiger partial charge on any atom is -0.330 e. The van der Waals surface area contributed by atoms with Crippen LogP contribution < -0.4 is 34.0 Å². The van der Waals surface area contributed by atoms with Gasteiger partial charge in [-0.15, -0.1) is 0 Å². The van der Waals surface area contributed by atoms with Gasteiger partial charge in [-0.1, -0.05) is 0 Å². The van der Waals surface area contributed by atoms with Crippen molar-refractivity contribution < 1.29 is 0 Å². The van der Waals surface area contributed by atoms with E-state index >= 15 is 0 Å². The smallest absolute Gasteiger partial charge is 0.150 e. The van der Waals surface area contributed by atoms with Gasteiger partial charge < -0.3 is 17.2 Å². The van der Waals surface area contributed by atoms with Crippen molar-refractivity contribution in [2.24, 2.45) is 28.7 Å². The molecule has 0 amide bonds. The topological polar surface area (TPSA) is 142 Å². The van der Waals surface area contributed by atoms with Gasteiger partial charge in [0.25, 0.3) is 0 Å². The first-order valence-electron chi connectivity index (χ1n) is 3.92. The summed E-state index contributed by atoms with van der Waals surface area (Å²) in [6, 6.07) is 0. The Morgan fingerprint density at radius 3 is 2.00 bits per heavy atom. The van der Waals surface area contributed by atoms with Crippen LogP contribution in [0.25, 0.3) is 0 Å². The van der Waals surface area contributed by atoms with E-state index in [4.69, 9.17) is 28.7 Å². The van der Waals surface area contributed by atoms with Gasteiger partial charge in [-0.3, -0.25) is 16.8 Å². The molecule has 0 saturated carbocycles. The van der Waals surface area contributed by atoms with Crippen LogP contribution in [0.3, 0.4) is 0 Å². The SMILES string of the molecule is CC(N)(N)C(N)(N)NCCCN. The van der Waals surface area contributed by atoms with E-state index in [2.05, 4.69) is 5.32 Å². The second kappa shape index (κ2) is 4.13. The number of nitrogens with two attached hydrogens (primary N) is 5. The van der Waals surface area contributed by atoms with Gasteiger partial charge >= 0.3 is 0 Å². The maximum absolute atomic E-state index is 5.61. The summed E-state index contributed by atoms with van der Waals surface area (Å²) >= 11 is 0. The molecule has 0 aliphatic heterocycles. The Kier molecular flexibility index (Phi) is 4.04.